The number of hydrogen-bond acceptors (Lipinski definition) is 3. The molecular formula is C6H4AgNO3. The molecule has 0 aromatic heterocycles. The van der Waals surface area contributed by atoms with Gasteiger partial charge in [-0.25, -0.2) is 0 Å². The van der Waals surface area contributed by atoms with Crippen LogP contribution in [0.1, 0.15) is 0 Å². The Morgan fingerprint density at radius 3 is 2.00 bits per heavy atom. The van der Waals surface area contributed by atoms with Gasteiger partial charge in [0.05, 0.1) is 4.92 Å². The summed E-state index contributed by atoms with van der Waals surface area (Å²) in [7, 11) is 0. The van der Waals surface area contributed by atoms with Gasteiger partial charge in [-0.05, 0) is 0 Å². The summed E-state index contributed by atoms with van der Waals surface area (Å²) in [4.78, 5) is 9.47. The third-order valence-corrected chi connectivity index (χ3v) is 1.05. The first-order chi connectivity index (χ1) is 4.70. The van der Waals surface area contributed by atoms with Crippen molar-refractivity contribution in [3.63, 3.8) is 0 Å². The molecule has 0 radical (unpaired) electrons. The van der Waals surface area contributed by atoms with Crippen molar-refractivity contribution < 1.29 is 32.4 Å². The third-order valence-electron chi connectivity index (χ3n) is 1.05. The van der Waals surface area contributed by atoms with Crippen molar-refractivity contribution in [3.8, 4) is 5.75 Å². The van der Waals surface area contributed by atoms with Crippen LogP contribution in [0.15, 0.2) is 24.3 Å². The Labute approximate surface area is 78.5 Å². The van der Waals surface area contributed by atoms with Gasteiger partial charge in [0.25, 0.3) is 5.69 Å². The van der Waals surface area contributed by atoms with Gasteiger partial charge in [0.1, 0.15) is 0 Å². The van der Waals surface area contributed by atoms with E-state index in [0.717, 1.165) is 12.1 Å². The summed E-state index contributed by atoms with van der Waals surface area (Å²) in [5.41, 5.74) is -0.0559. The van der Waals surface area contributed by atoms with Crippen molar-refractivity contribution >= 4 is 5.69 Å². The number of nitro benzene ring substituents is 1. The van der Waals surface area contributed by atoms with Crippen molar-refractivity contribution in [2.75, 3.05) is 0 Å². The minimum absolute atomic E-state index is 0. The molecule has 0 heterocycles. The van der Waals surface area contributed by atoms with Crippen LogP contribution in [-0.2, 0) is 22.4 Å². The van der Waals surface area contributed by atoms with E-state index in [4.69, 9.17) is 0 Å². The smallest absolute Gasteiger partial charge is 0.872 e. The molecule has 0 spiro atoms. The molecule has 1 rings (SSSR count). The van der Waals surface area contributed by atoms with E-state index in [9.17, 15) is 15.2 Å². The maximum Gasteiger partial charge on any atom is 1.00 e. The van der Waals surface area contributed by atoms with Crippen LogP contribution in [0.2, 0.25) is 0 Å². The summed E-state index contributed by atoms with van der Waals surface area (Å²) >= 11 is 0. The van der Waals surface area contributed by atoms with Gasteiger partial charge in [-0.3, -0.25) is 10.1 Å². The van der Waals surface area contributed by atoms with E-state index in [0.29, 0.717) is 0 Å². The van der Waals surface area contributed by atoms with Crippen LogP contribution in [-0.4, -0.2) is 4.92 Å². The summed E-state index contributed by atoms with van der Waals surface area (Å²) in [6, 6.07) is 4.70. The number of nitro groups is 1. The first-order valence-electron chi connectivity index (χ1n) is 2.61. The van der Waals surface area contributed by atoms with Crippen LogP contribution >= 0.6 is 0 Å². The molecule has 0 amide bonds. The second kappa shape index (κ2) is 4.13. The van der Waals surface area contributed by atoms with Crippen LogP contribution in [0.4, 0.5) is 5.69 Å². The predicted octanol–water partition coefficient (Wildman–Crippen LogP) is 0.666. The Kier molecular flexibility index (Phi) is 3.81. The Bertz CT molecular complexity index is 247. The molecular weight excluding hydrogens is 242 g/mol. The Morgan fingerprint density at radius 1 is 1.18 bits per heavy atom. The quantitative estimate of drug-likeness (QED) is 0.415. The van der Waals surface area contributed by atoms with Crippen LogP contribution in [0.25, 0.3) is 0 Å². The van der Waals surface area contributed by atoms with E-state index < -0.39 is 4.92 Å². The average Bonchev–Trinajstić information content (AvgIpc) is 1.88. The van der Waals surface area contributed by atoms with E-state index in [1.165, 1.54) is 12.1 Å². The molecule has 0 aliphatic carbocycles. The molecule has 4 nitrogen and oxygen atoms in total. The maximum absolute atomic E-state index is 10.4. The number of rotatable bonds is 1. The monoisotopic (exact) mass is 245 g/mol. The van der Waals surface area contributed by atoms with Crippen LogP contribution < -0.4 is 5.11 Å². The molecule has 11 heavy (non-hydrogen) atoms. The summed E-state index contributed by atoms with van der Waals surface area (Å²) < 4.78 is 0. The second-order valence-electron chi connectivity index (χ2n) is 1.75. The van der Waals surface area contributed by atoms with Gasteiger partial charge >= 0.3 is 22.4 Å². The van der Waals surface area contributed by atoms with Gasteiger partial charge in [-0.1, -0.05) is 12.1 Å². The van der Waals surface area contributed by atoms with Gasteiger partial charge in [0.2, 0.25) is 0 Å². The molecule has 0 saturated carbocycles. The normalized spacial score (nSPS) is 8.36. The molecule has 0 bridgehead atoms. The Balaban J connectivity index is 0.000001000. The summed E-state index contributed by atoms with van der Waals surface area (Å²) in [5, 5.41) is 20.4. The molecule has 0 aliphatic rings. The predicted molar refractivity (Wildman–Crippen MR) is 32.5 cm³/mol. The molecule has 0 unspecified atom stereocenters. The van der Waals surface area contributed by atoms with Gasteiger partial charge in [0.15, 0.2) is 0 Å². The molecule has 1 aromatic carbocycles. The zero-order chi connectivity index (χ0) is 7.56. The summed E-state index contributed by atoms with van der Waals surface area (Å²) in [5.74, 6) is -0.217. The topological polar surface area (TPSA) is 66.2 Å². The number of non-ortho nitro benzene ring substituents is 1. The summed E-state index contributed by atoms with van der Waals surface area (Å²) in [6.07, 6.45) is 0. The Morgan fingerprint density at radius 2 is 1.64 bits per heavy atom. The molecule has 5 heteroatoms. The van der Waals surface area contributed by atoms with Crippen molar-refractivity contribution in [2.24, 2.45) is 0 Å². The molecule has 1 aromatic rings. The number of nitrogens with zero attached hydrogens (tertiary/aromatic N) is 1. The summed E-state index contributed by atoms with van der Waals surface area (Å²) in [6.45, 7) is 0. The van der Waals surface area contributed by atoms with Gasteiger partial charge in [-0.2, -0.15) is 0 Å². The SMILES string of the molecule is O=[N+]([O-])c1ccc([O-])cc1.[Ag+]. The van der Waals surface area contributed by atoms with Gasteiger partial charge < -0.3 is 5.11 Å². The fourth-order valence-corrected chi connectivity index (χ4v) is 0.568. The van der Waals surface area contributed by atoms with E-state index in [-0.39, 0.29) is 33.8 Å². The first-order valence-corrected chi connectivity index (χ1v) is 2.61. The van der Waals surface area contributed by atoms with E-state index in [2.05, 4.69) is 0 Å². The maximum atomic E-state index is 10.4. The minimum atomic E-state index is -0.542. The number of hydrogen-bond donors (Lipinski definition) is 0. The van der Waals surface area contributed by atoms with Crippen LogP contribution in [0, 0.1) is 10.1 Å². The minimum Gasteiger partial charge on any atom is -0.872 e. The molecule has 0 fully saturated rings. The van der Waals surface area contributed by atoms with Crippen molar-refractivity contribution in [1.82, 2.24) is 0 Å². The Hall–Kier alpha value is -0.840. The van der Waals surface area contributed by atoms with Crippen LogP contribution in [0.3, 0.4) is 0 Å². The fraction of sp³-hybridized carbons (Fsp3) is 0. The van der Waals surface area contributed by atoms with E-state index in [1.54, 1.807) is 0 Å². The molecule has 0 aliphatic heterocycles. The van der Waals surface area contributed by atoms with Crippen molar-refractivity contribution in [1.29, 1.82) is 0 Å². The van der Waals surface area contributed by atoms with Crippen LogP contribution in [0.5, 0.6) is 5.75 Å². The van der Waals surface area contributed by atoms with E-state index in [1.807, 2.05) is 0 Å². The van der Waals surface area contributed by atoms with Gasteiger partial charge in [0, 0.05) is 12.1 Å². The number of benzene rings is 1. The first kappa shape index (κ1) is 10.2. The van der Waals surface area contributed by atoms with E-state index >= 15 is 0 Å². The van der Waals surface area contributed by atoms with Crippen molar-refractivity contribution in [2.45, 2.75) is 0 Å². The zero-order valence-corrected chi connectivity index (χ0v) is 6.77. The average molecular weight is 246 g/mol. The van der Waals surface area contributed by atoms with Crippen molar-refractivity contribution in [3.05, 3.63) is 34.4 Å². The fourth-order valence-electron chi connectivity index (χ4n) is 0.568. The third kappa shape index (κ3) is 2.71. The van der Waals surface area contributed by atoms with Gasteiger partial charge in [-0.15, -0.1) is 5.75 Å². The largest absolute Gasteiger partial charge is 1.00 e. The molecule has 62 valence electrons. The molecule has 0 N–H and O–H groups in total. The standard InChI is InChI=1S/C6H5NO3.Ag/c8-6-3-1-5(2-4-6)7(9)10;/h1-4,8H;/q;+1/p-1. The zero-order valence-electron chi connectivity index (χ0n) is 5.28. The molecule has 0 saturated heterocycles. The molecule has 0 atom stereocenters. The second-order valence-corrected chi connectivity index (χ2v) is 1.75.